The summed E-state index contributed by atoms with van der Waals surface area (Å²) < 4.78 is 31.9. The Hall–Kier alpha value is -1.41. The summed E-state index contributed by atoms with van der Waals surface area (Å²) in [6, 6.07) is 0. The molecule has 0 radical (unpaired) electrons. The van der Waals surface area contributed by atoms with Gasteiger partial charge in [-0.3, -0.25) is 4.79 Å². The van der Waals surface area contributed by atoms with Crippen LogP contribution in [-0.2, 0) is 14.8 Å². The van der Waals surface area contributed by atoms with Crippen LogP contribution < -0.4 is 4.72 Å². The zero-order valence-corrected chi connectivity index (χ0v) is 13.9. The first-order chi connectivity index (χ1) is 10.4. The van der Waals surface area contributed by atoms with Gasteiger partial charge in [0.15, 0.2) is 5.76 Å². The molecule has 2 rings (SSSR count). The molecule has 1 amide bonds. The Labute approximate surface area is 131 Å². The number of rotatable bonds is 6. The third kappa shape index (κ3) is 4.07. The number of aryl methyl sites for hydroxylation is 2. The van der Waals surface area contributed by atoms with Gasteiger partial charge in [-0.05, 0) is 33.1 Å². The molecular weight excluding hydrogens is 306 g/mol. The Balaban J connectivity index is 1.84. The van der Waals surface area contributed by atoms with Gasteiger partial charge < -0.3 is 9.42 Å². The monoisotopic (exact) mass is 329 g/mol. The Morgan fingerprint density at radius 3 is 2.73 bits per heavy atom. The number of nitrogens with one attached hydrogen (secondary N) is 1. The number of hydrogen-bond donors (Lipinski definition) is 1. The van der Waals surface area contributed by atoms with Gasteiger partial charge in [0.1, 0.15) is 10.6 Å². The van der Waals surface area contributed by atoms with E-state index >= 15 is 0 Å². The van der Waals surface area contributed by atoms with Gasteiger partial charge in [0, 0.05) is 26.1 Å². The molecule has 8 heteroatoms. The molecule has 1 N–H and O–H groups in total. The molecule has 0 aromatic carbocycles. The fraction of sp³-hybridized carbons (Fsp3) is 0.714. The van der Waals surface area contributed by atoms with Crippen LogP contribution in [0.2, 0.25) is 0 Å². The second-order valence-corrected chi connectivity index (χ2v) is 7.30. The fourth-order valence-electron chi connectivity index (χ4n) is 2.68. The maximum atomic E-state index is 12.2. The average Bonchev–Trinajstić information content (AvgIpc) is 2.67. The minimum atomic E-state index is -3.61. The second-order valence-electron chi connectivity index (χ2n) is 5.60. The Morgan fingerprint density at radius 2 is 2.05 bits per heavy atom. The van der Waals surface area contributed by atoms with Gasteiger partial charge in [0.25, 0.3) is 0 Å². The van der Waals surface area contributed by atoms with Crippen molar-refractivity contribution >= 4 is 15.9 Å². The normalized spacial score (nSPS) is 16.8. The predicted octanol–water partition coefficient (Wildman–Crippen LogP) is 1.36. The van der Waals surface area contributed by atoms with Gasteiger partial charge >= 0.3 is 0 Å². The van der Waals surface area contributed by atoms with E-state index in [1.165, 1.54) is 0 Å². The van der Waals surface area contributed by atoms with Crippen LogP contribution in [0.1, 0.15) is 43.6 Å². The first-order valence-corrected chi connectivity index (χ1v) is 9.10. The summed E-state index contributed by atoms with van der Waals surface area (Å²) >= 11 is 0. The SMILES string of the molecule is Cc1noc(C)c1S(=O)(=O)NCCCN1CCCCCC1=O. The van der Waals surface area contributed by atoms with E-state index in [9.17, 15) is 13.2 Å². The first-order valence-electron chi connectivity index (χ1n) is 7.62. The summed E-state index contributed by atoms with van der Waals surface area (Å²) in [6.07, 6.45) is 4.25. The van der Waals surface area contributed by atoms with Crippen LogP contribution in [0.4, 0.5) is 0 Å². The highest BCUT2D eigenvalue weighted by atomic mass is 32.2. The van der Waals surface area contributed by atoms with Crippen LogP contribution in [0.25, 0.3) is 0 Å². The van der Waals surface area contributed by atoms with Crippen LogP contribution in [0.3, 0.4) is 0 Å². The quantitative estimate of drug-likeness (QED) is 0.796. The lowest BCUT2D eigenvalue weighted by Crippen LogP contribution is -2.34. The van der Waals surface area contributed by atoms with E-state index in [1.54, 1.807) is 13.8 Å². The molecule has 1 aromatic rings. The molecule has 1 aliphatic rings. The summed E-state index contributed by atoms with van der Waals surface area (Å²) in [5.74, 6) is 0.457. The van der Waals surface area contributed by atoms with Crippen LogP contribution in [0.15, 0.2) is 9.42 Å². The lowest BCUT2D eigenvalue weighted by atomic mass is 10.2. The largest absolute Gasteiger partial charge is 0.360 e. The molecule has 2 heterocycles. The second kappa shape index (κ2) is 7.23. The highest BCUT2D eigenvalue weighted by Gasteiger charge is 2.23. The van der Waals surface area contributed by atoms with Gasteiger partial charge in [-0.25, -0.2) is 13.1 Å². The number of hydrogen-bond acceptors (Lipinski definition) is 5. The summed E-state index contributed by atoms with van der Waals surface area (Å²) in [5, 5.41) is 3.66. The Bertz CT molecular complexity index is 605. The topological polar surface area (TPSA) is 92.5 Å². The number of amides is 1. The highest BCUT2D eigenvalue weighted by Crippen LogP contribution is 2.18. The van der Waals surface area contributed by atoms with Crippen molar-refractivity contribution in [2.24, 2.45) is 0 Å². The van der Waals surface area contributed by atoms with Crippen LogP contribution in [-0.4, -0.2) is 44.0 Å². The van der Waals surface area contributed by atoms with Gasteiger partial charge in [-0.1, -0.05) is 11.6 Å². The molecule has 1 fully saturated rings. The molecule has 0 aliphatic carbocycles. The van der Waals surface area contributed by atoms with Crippen molar-refractivity contribution in [3.05, 3.63) is 11.5 Å². The van der Waals surface area contributed by atoms with Gasteiger partial charge in [0.2, 0.25) is 15.9 Å². The molecule has 0 atom stereocenters. The zero-order valence-electron chi connectivity index (χ0n) is 13.1. The van der Waals surface area contributed by atoms with Crippen LogP contribution in [0, 0.1) is 13.8 Å². The van der Waals surface area contributed by atoms with E-state index in [0.717, 1.165) is 25.8 Å². The van der Waals surface area contributed by atoms with Crippen molar-refractivity contribution in [2.75, 3.05) is 19.6 Å². The maximum Gasteiger partial charge on any atom is 0.245 e. The van der Waals surface area contributed by atoms with Gasteiger partial charge in [-0.2, -0.15) is 0 Å². The highest BCUT2D eigenvalue weighted by molar-refractivity contribution is 7.89. The van der Waals surface area contributed by atoms with E-state index in [-0.39, 0.29) is 23.1 Å². The summed E-state index contributed by atoms with van der Waals surface area (Å²) in [7, 11) is -3.61. The number of likely N-dealkylation sites (tertiary alicyclic amines) is 1. The molecule has 1 saturated heterocycles. The minimum absolute atomic E-state index is 0.110. The Kier molecular flexibility index (Phi) is 5.57. The van der Waals surface area contributed by atoms with Crippen molar-refractivity contribution in [1.82, 2.24) is 14.8 Å². The van der Waals surface area contributed by atoms with E-state index in [0.29, 0.717) is 25.1 Å². The molecular formula is C14H23N3O4S. The van der Waals surface area contributed by atoms with Crippen molar-refractivity contribution < 1.29 is 17.7 Å². The predicted molar refractivity (Wildman–Crippen MR) is 80.8 cm³/mol. The van der Waals surface area contributed by atoms with Gasteiger partial charge in [0.05, 0.1) is 0 Å². The zero-order chi connectivity index (χ0) is 16.2. The number of carbonyl (C=O) groups excluding carboxylic acids is 1. The number of aromatic nitrogens is 1. The lowest BCUT2D eigenvalue weighted by molar-refractivity contribution is -0.130. The molecule has 1 aliphatic heterocycles. The maximum absolute atomic E-state index is 12.2. The average molecular weight is 329 g/mol. The number of nitrogens with zero attached hydrogens (tertiary/aromatic N) is 2. The molecule has 124 valence electrons. The smallest absolute Gasteiger partial charge is 0.245 e. The van der Waals surface area contributed by atoms with E-state index in [4.69, 9.17) is 4.52 Å². The van der Waals surface area contributed by atoms with Crippen molar-refractivity contribution in [1.29, 1.82) is 0 Å². The summed E-state index contributed by atoms with van der Waals surface area (Å²) in [5.41, 5.74) is 0.354. The van der Waals surface area contributed by atoms with Crippen molar-refractivity contribution in [3.63, 3.8) is 0 Å². The van der Waals surface area contributed by atoms with E-state index in [2.05, 4.69) is 9.88 Å². The first kappa shape index (κ1) is 17.0. The van der Waals surface area contributed by atoms with Crippen LogP contribution in [0.5, 0.6) is 0 Å². The van der Waals surface area contributed by atoms with E-state index in [1.807, 2.05) is 4.90 Å². The minimum Gasteiger partial charge on any atom is -0.360 e. The fourth-order valence-corrected chi connectivity index (χ4v) is 4.08. The number of carbonyl (C=O) groups is 1. The number of sulfonamides is 1. The Morgan fingerprint density at radius 1 is 1.27 bits per heavy atom. The van der Waals surface area contributed by atoms with Gasteiger partial charge in [-0.15, -0.1) is 0 Å². The molecule has 1 aromatic heterocycles. The molecule has 0 bridgehead atoms. The standard InChI is InChI=1S/C14H23N3O4S/c1-11-14(12(2)21-16-11)22(19,20)15-8-6-10-17-9-5-3-4-7-13(17)18/h15H,3-10H2,1-2H3. The summed E-state index contributed by atoms with van der Waals surface area (Å²) in [4.78, 5) is 13.8. The third-order valence-electron chi connectivity index (χ3n) is 3.80. The lowest BCUT2D eigenvalue weighted by Gasteiger charge is -2.20. The van der Waals surface area contributed by atoms with Crippen molar-refractivity contribution in [2.45, 2.75) is 50.8 Å². The molecule has 22 heavy (non-hydrogen) atoms. The third-order valence-corrected chi connectivity index (χ3v) is 5.51. The molecule has 0 saturated carbocycles. The van der Waals surface area contributed by atoms with E-state index < -0.39 is 10.0 Å². The summed E-state index contributed by atoms with van der Waals surface area (Å²) in [6.45, 7) is 4.82. The molecule has 0 unspecified atom stereocenters. The van der Waals surface area contributed by atoms with Crippen LogP contribution >= 0.6 is 0 Å². The molecule has 0 spiro atoms. The molecule has 7 nitrogen and oxygen atoms in total. The van der Waals surface area contributed by atoms with Crippen molar-refractivity contribution in [3.8, 4) is 0 Å².